The van der Waals surface area contributed by atoms with Gasteiger partial charge in [-0.3, -0.25) is 4.79 Å². The van der Waals surface area contributed by atoms with Crippen molar-refractivity contribution in [3.05, 3.63) is 12.2 Å². The van der Waals surface area contributed by atoms with E-state index in [9.17, 15) is 4.79 Å². The molecule has 0 aromatic carbocycles. The highest BCUT2D eigenvalue weighted by Gasteiger charge is 2.61. The molecule has 6 unspecified atom stereocenters. The number of ether oxygens (including phenoxy) is 1. The van der Waals surface area contributed by atoms with Crippen LogP contribution in [0.3, 0.4) is 0 Å². The number of hydrogen-bond donors (Lipinski definition) is 0. The summed E-state index contributed by atoms with van der Waals surface area (Å²) in [4.78, 5) is 11.4. The summed E-state index contributed by atoms with van der Waals surface area (Å²) in [6.45, 7) is 4.18. The molecule has 0 aromatic rings. The highest BCUT2D eigenvalue weighted by Crippen LogP contribution is 2.69. The number of hydrogen-bond acceptors (Lipinski definition) is 2. The van der Waals surface area contributed by atoms with Crippen LogP contribution < -0.4 is 0 Å². The summed E-state index contributed by atoms with van der Waals surface area (Å²) in [7, 11) is 0. The smallest absolute Gasteiger partial charge is 0.302 e. The molecular formula is C24H36O2. The fourth-order valence-corrected chi connectivity index (χ4v) is 8.75. The van der Waals surface area contributed by atoms with Crippen molar-refractivity contribution in [3.63, 3.8) is 0 Å². The van der Waals surface area contributed by atoms with Gasteiger partial charge in [-0.25, -0.2) is 0 Å². The van der Waals surface area contributed by atoms with Crippen LogP contribution in [0.5, 0.6) is 0 Å². The third-order valence-corrected chi connectivity index (χ3v) is 9.82. The molecule has 0 heterocycles. The minimum absolute atomic E-state index is 0.0898. The minimum atomic E-state index is -0.0898. The van der Waals surface area contributed by atoms with Crippen molar-refractivity contribution in [2.75, 3.05) is 0 Å². The number of carbonyl (C=O) groups is 1. The molecule has 4 fully saturated rings. The molecule has 2 nitrogen and oxygen atoms in total. The van der Waals surface area contributed by atoms with E-state index in [1.165, 1.54) is 57.8 Å². The molecule has 8 atom stereocenters. The molecule has 0 aromatic heterocycles. The van der Waals surface area contributed by atoms with Gasteiger partial charge in [0.2, 0.25) is 0 Å². The Kier molecular flexibility index (Phi) is 4.07. The van der Waals surface area contributed by atoms with Crippen molar-refractivity contribution in [1.29, 1.82) is 0 Å². The Bertz CT molecular complexity index is 609. The molecule has 2 heteroatoms. The van der Waals surface area contributed by atoms with E-state index in [0.717, 1.165) is 42.4 Å². The summed E-state index contributed by atoms with van der Waals surface area (Å²) in [5.41, 5.74) is 1.08. The molecular weight excluding hydrogens is 320 g/mol. The maximum absolute atomic E-state index is 11.4. The molecule has 5 aliphatic rings. The first-order valence-electron chi connectivity index (χ1n) is 11.4. The van der Waals surface area contributed by atoms with E-state index in [-0.39, 0.29) is 12.1 Å². The average Bonchev–Trinajstić information content (AvgIpc) is 3.01. The van der Waals surface area contributed by atoms with Crippen molar-refractivity contribution >= 4 is 5.97 Å². The van der Waals surface area contributed by atoms with Crippen LogP contribution in [0.4, 0.5) is 0 Å². The lowest BCUT2D eigenvalue weighted by molar-refractivity contribution is -0.159. The van der Waals surface area contributed by atoms with Gasteiger partial charge in [-0.15, -0.1) is 0 Å². The van der Waals surface area contributed by atoms with Crippen molar-refractivity contribution in [2.45, 2.75) is 90.6 Å². The summed E-state index contributed by atoms with van der Waals surface area (Å²) >= 11 is 0. The van der Waals surface area contributed by atoms with Crippen LogP contribution >= 0.6 is 0 Å². The van der Waals surface area contributed by atoms with Gasteiger partial charge in [0.1, 0.15) is 6.10 Å². The fraction of sp³-hybridized carbons (Fsp3) is 0.875. The molecule has 0 amide bonds. The number of esters is 1. The molecule has 5 rings (SSSR count). The van der Waals surface area contributed by atoms with Gasteiger partial charge in [0.15, 0.2) is 0 Å². The van der Waals surface area contributed by atoms with Crippen molar-refractivity contribution in [2.24, 2.45) is 40.4 Å². The molecule has 4 saturated carbocycles. The number of rotatable bonds is 1. The fourth-order valence-electron chi connectivity index (χ4n) is 8.75. The molecule has 0 bridgehead atoms. The predicted octanol–water partition coefficient (Wildman–Crippen LogP) is 5.91. The monoisotopic (exact) mass is 356 g/mol. The van der Waals surface area contributed by atoms with E-state index < -0.39 is 0 Å². The number of fused-ring (bicyclic) bond motifs is 4. The molecule has 1 spiro atoms. The first-order valence-corrected chi connectivity index (χ1v) is 11.4. The van der Waals surface area contributed by atoms with Crippen molar-refractivity contribution < 1.29 is 9.53 Å². The van der Waals surface area contributed by atoms with Crippen molar-refractivity contribution in [3.8, 4) is 0 Å². The third-order valence-electron chi connectivity index (χ3n) is 9.82. The Labute approximate surface area is 159 Å². The van der Waals surface area contributed by atoms with Gasteiger partial charge in [0, 0.05) is 6.92 Å². The number of carbonyl (C=O) groups excluding carboxylic acids is 1. The van der Waals surface area contributed by atoms with Crippen LogP contribution in [0.25, 0.3) is 0 Å². The van der Waals surface area contributed by atoms with Gasteiger partial charge >= 0.3 is 5.97 Å². The molecule has 5 aliphatic carbocycles. The Morgan fingerprint density at radius 3 is 2.65 bits per heavy atom. The SMILES string of the molecule is CC(=O)O[C@@H]1CCC2(C)C3CCC45C=CCCC4CCC5C3CC[C@H]2C1. The second kappa shape index (κ2) is 6.11. The van der Waals surface area contributed by atoms with Gasteiger partial charge in [-0.05, 0) is 111 Å². The van der Waals surface area contributed by atoms with Crippen LogP contribution in [-0.4, -0.2) is 12.1 Å². The highest BCUT2D eigenvalue weighted by atomic mass is 16.5. The maximum atomic E-state index is 11.4. The van der Waals surface area contributed by atoms with E-state index in [1.807, 2.05) is 0 Å². The summed E-state index contributed by atoms with van der Waals surface area (Å²) in [6, 6.07) is 0. The van der Waals surface area contributed by atoms with Crippen LogP contribution in [0, 0.1) is 40.4 Å². The van der Waals surface area contributed by atoms with E-state index in [4.69, 9.17) is 4.74 Å². The van der Waals surface area contributed by atoms with Crippen molar-refractivity contribution in [1.82, 2.24) is 0 Å². The van der Waals surface area contributed by atoms with Crippen LogP contribution in [-0.2, 0) is 9.53 Å². The largest absolute Gasteiger partial charge is 0.463 e. The van der Waals surface area contributed by atoms with Gasteiger partial charge in [-0.1, -0.05) is 19.1 Å². The number of allylic oxidation sites excluding steroid dienone is 2. The Balaban J connectivity index is 1.38. The molecule has 144 valence electrons. The van der Waals surface area contributed by atoms with Crippen LogP contribution in [0.1, 0.15) is 84.5 Å². The average molecular weight is 357 g/mol. The zero-order valence-electron chi connectivity index (χ0n) is 16.7. The van der Waals surface area contributed by atoms with Crippen LogP contribution in [0.2, 0.25) is 0 Å². The summed E-state index contributed by atoms with van der Waals surface area (Å²) in [6.07, 6.45) is 20.4. The van der Waals surface area contributed by atoms with Crippen LogP contribution in [0.15, 0.2) is 12.2 Å². The molecule has 0 N–H and O–H groups in total. The third kappa shape index (κ3) is 2.39. The normalized spacial score (nSPS) is 52.4. The van der Waals surface area contributed by atoms with E-state index in [2.05, 4.69) is 19.1 Å². The van der Waals surface area contributed by atoms with E-state index in [1.54, 1.807) is 6.92 Å². The second-order valence-corrected chi connectivity index (χ2v) is 10.6. The first-order chi connectivity index (χ1) is 12.5. The lowest BCUT2D eigenvalue weighted by Gasteiger charge is -2.61. The quantitative estimate of drug-likeness (QED) is 0.431. The summed E-state index contributed by atoms with van der Waals surface area (Å²) in [5, 5.41) is 0. The zero-order chi connectivity index (χ0) is 17.9. The second-order valence-electron chi connectivity index (χ2n) is 10.6. The Morgan fingerprint density at radius 1 is 0.962 bits per heavy atom. The molecule has 0 radical (unpaired) electrons. The van der Waals surface area contributed by atoms with Gasteiger partial charge in [0.05, 0.1) is 0 Å². The lowest BCUT2D eigenvalue weighted by Crippen LogP contribution is -2.54. The predicted molar refractivity (Wildman–Crippen MR) is 103 cm³/mol. The van der Waals surface area contributed by atoms with E-state index in [0.29, 0.717) is 10.8 Å². The standard InChI is InChI=1S/C24H36O2/c1-16(25)26-19-10-13-23(2)18(15-19)6-8-20-21(23)11-14-24-12-4-3-5-17(24)7-9-22(20)24/h4,12,17-22H,3,5-11,13-15H2,1-2H3/t17?,18-,19+,20?,21?,22?,23?,24?/m0/s1. The first kappa shape index (κ1) is 17.3. The Morgan fingerprint density at radius 2 is 1.81 bits per heavy atom. The summed E-state index contributed by atoms with van der Waals surface area (Å²) < 4.78 is 5.61. The molecule has 0 saturated heterocycles. The van der Waals surface area contributed by atoms with Gasteiger partial charge in [0.25, 0.3) is 0 Å². The van der Waals surface area contributed by atoms with Gasteiger partial charge < -0.3 is 4.74 Å². The topological polar surface area (TPSA) is 26.3 Å². The summed E-state index contributed by atoms with van der Waals surface area (Å²) in [5.74, 6) is 4.52. The van der Waals surface area contributed by atoms with E-state index >= 15 is 0 Å². The minimum Gasteiger partial charge on any atom is -0.463 e. The van der Waals surface area contributed by atoms with Gasteiger partial charge in [-0.2, -0.15) is 0 Å². The lowest BCUT2D eigenvalue weighted by atomic mass is 9.44. The Hall–Kier alpha value is -0.790. The molecule has 0 aliphatic heterocycles. The highest BCUT2D eigenvalue weighted by molar-refractivity contribution is 5.66. The zero-order valence-corrected chi connectivity index (χ0v) is 16.7. The maximum Gasteiger partial charge on any atom is 0.302 e. The molecule has 26 heavy (non-hydrogen) atoms.